The molecule has 0 aromatic heterocycles. The lowest BCUT2D eigenvalue weighted by molar-refractivity contribution is -0.136. The summed E-state index contributed by atoms with van der Waals surface area (Å²) in [5, 5.41) is 2.94. The van der Waals surface area contributed by atoms with Gasteiger partial charge in [0.25, 0.3) is 5.91 Å². The van der Waals surface area contributed by atoms with Gasteiger partial charge in [-0.1, -0.05) is 0 Å². The fourth-order valence-electron chi connectivity index (χ4n) is 2.00. The predicted molar refractivity (Wildman–Crippen MR) is 77.1 cm³/mol. The number of likely N-dealkylation sites (N-methyl/N-ethyl adjacent to an activating group) is 1. The van der Waals surface area contributed by atoms with Crippen LogP contribution >= 0.6 is 0 Å². The standard InChI is InChI=1S/C13H17N3O4S/c1-15(2)21(19,20)10-6-4-9(5-7-10)14-11-8-12(17)16(3)13(11)18/h4-7,11,14H,8H2,1-3H3. The molecule has 1 heterocycles. The van der Waals surface area contributed by atoms with Crippen molar-refractivity contribution >= 4 is 27.5 Å². The minimum Gasteiger partial charge on any atom is -0.373 e. The van der Waals surface area contributed by atoms with E-state index in [0.717, 1.165) is 9.21 Å². The lowest BCUT2D eigenvalue weighted by Gasteiger charge is -2.14. The van der Waals surface area contributed by atoms with E-state index in [2.05, 4.69) is 5.32 Å². The SMILES string of the molecule is CN1C(=O)CC(Nc2ccc(S(=O)(=O)N(C)C)cc2)C1=O. The molecule has 0 bridgehead atoms. The highest BCUT2D eigenvalue weighted by Gasteiger charge is 2.35. The zero-order chi connectivity index (χ0) is 15.8. The van der Waals surface area contributed by atoms with Crippen LogP contribution in [0.25, 0.3) is 0 Å². The number of carbonyl (C=O) groups excluding carboxylic acids is 2. The Morgan fingerprint density at radius 2 is 1.76 bits per heavy atom. The molecule has 21 heavy (non-hydrogen) atoms. The Bertz CT molecular complexity index is 667. The maximum Gasteiger partial charge on any atom is 0.251 e. The predicted octanol–water partition coefficient (Wildman–Crippen LogP) is 0.106. The average Bonchev–Trinajstić information content (AvgIpc) is 2.67. The van der Waals surface area contributed by atoms with Gasteiger partial charge in [0, 0.05) is 26.8 Å². The molecule has 1 unspecified atom stereocenters. The summed E-state index contributed by atoms with van der Waals surface area (Å²) in [7, 11) is 0.888. The molecule has 1 saturated heterocycles. The quantitative estimate of drug-likeness (QED) is 0.797. The fraction of sp³-hybridized carbons (Fsp3) is 0.385. The van der Waals surface area contributed by atoms with E-state index in [4.69, 9.17) is 0 Å². The third-order valence-corrected chi connectivity index (χ3v) is 5.18. The van der Waals surface area contributed by atoms with Gasteiger partial charge in [0.1, 0.15) is 6.04 Å². The highest BCUT2D eigenvalue weighted by atomic mass is 32.2. The number of carbonyl (C=O) groups is 2. The van der Waals surface area contributed by atoms with Crippen molar-refractivity contribution in [3.8, 4) is 0 Å². The maximum atomic E-state index is 11.9. The minimum absolute atomic E-state index is 0.104. The molecular formula is C13H17N3O4S. The van der Waals surface area contributed by atoms with Gasteiger partial charge >= 0.3 is 0 Å². The summed E-state index contributed by atoms with van der Waals surface area (Å²) in [4.78, 5) is 24.5. The monoisotopic (exact) mass is 311 g/mol. The van der Waals surface area contributed by atoms with Crippen LogP contribution in [0.15, 0.2) is 29.2 Å². The van der Waals surface area contributed by atoms with Crippen LogP contribution in [-0.4, -0.2) is 56.6 Å². The summed E-state index contributed by atoms with van der Waals surface area (Å²) in [6.07, 6.45) is 0.104. The number of amides is 2. The lowest BCUT2D eigenvalue weighted by atomic mass is 10.2. The fourth-order valence-corrected chi connectivity index (χ4v) is 2.91. The summed E-state index contributed by atoms with van der Waals surface area (Å²) in [6.45, 7) is 0. The second kappa shape index (κ2) is 5.45. The number of imide groups is 1. The van der Waals surface area contributed by atoms with Crippen molar-refractivity contribution < 1.29 is 18.0 Å². The Kier molecular flexibility index (Phi) is 4.02. The molecule has 0 saturated carbocycles. The van der Waals surface area contributed by atoms with Crippen molar-refractivity contribution in [2.45, 2.75) is 17.4 Å². The summed E-state index contributed by atoms with van der Waals surface area (Å²) < 4.78 is 25.0. The number of benzene rings is 1. The molecule has 1 fully saturated rings. The number of rotatable bonds is 4. The normalized spacial score (nSPS) is 19.4. The highest BCUT2D eigenvalue weighted by Crippen LogP contribution is 2.20. The molecule has 0 spiro atoms. The molecule has 1 aliphatic heterocycles. The van der Waals surface area contributed by atoms with Crippen LogP contribution < -0.4 is 5.32 Å². The summed E-state index contributed by atoms with van der Waals surface area (Å²) in [6, 6.07) is 5.48. The number of hydrogen-bond donors (Lipinski definition) is 1. The minimum atomic E-state index is -3.47. The molecule has 1 aliphatic rings. The summed E-state index contributed by atoms with van der Waals surface area (Å²) >= 11 is 0. The first-order valence-corrected chi connectivity index (χ1v) is 7.77. The number of anilines is 1. The number of sulfonamides is 1. The molecule has 2 rings (SSSR count). The first kappa shape index (κ1) is 15.5. The Balaban J connectivity index is 2.14. The summed E-state index contributed by atoms with van der Waals surface area (Å²) in [5.74, 6) is -0.519. The molecule has 1 aromatic carbocycles. The van der Waals surface area contributed by atoms with Crippen molar-refractivity contribution in [2.75, 3.05) is 26.5 Å². The van der Waals surface area contributed by atoms with E-state index >= 15 is 0 Å². The van der Waals surface area contributed by atoms with E-state index in [1.165, 1.54) is 33.3 Å². The zero-order valence-corrected chi connectivity index (χ0v) is 12.8. The topological polar surface area (TPSA) is 86.8 Å². The Morgan fingerprint density at radius 3 is 2.19 bits per heavy atom. The van der Waals surface area contributed by atoms with Crippen molar-refractivity contribution in [1.29, 1.82) is 0 Å². The van der Waals surface area contributed by atoms with Crippen LogP contribution in [0.3, 0.4) is 0 Å². The third-order valence-electron chi connectivity index (χ3n) is 3.36. The smallest absolute Gasteiger partial charge is 0.251 e. The van der Waals surface area contributed by atoms with Crippen LogP contribution in [0.2, 0.25) is 0 Å². The van der Waals surface area contributed by atoms with Crippen LogP contribution in [-0.2, 0) is 19.6 Å². The van der Waals surface area contributed by atoms with Gasteiger partial charge in [0.2, 0.25) is 15.9 Å². The van der Waals surface area contributed by atoms with Crippen LogP contribution in [0, 0.1) is 0 Å². The molecule has 0 radical (unpaired) electrons. The first-order chi connectivity index (χ1) is 9.73. The molecule has 1 atom stereocenters. The van der Waals surface area contributed by atoms with E-state index < -0.39 is 16.1 Å². The van der Waals surface area contributed by atoms with Crippen LogP contribution in [0.4, 0.5) is 5.69 Å². The average molecular weight is 311 g/mol. The Hall–Kier alpha value is -1.93. The number of nitrogens with zero attached hydrogens (tertiary/aromatic N) is 2. The van der Waals surface area contributed by atoms with Gasteiger partial charge in [-0.25, -0.2) is 12.7 Å². The molecular weight excluding hydrogens is 294 g/mol. The van der Waals surface area contributed by atoms with Crippen LogP contribution in [0.1, 0.15) is 6.42 Å². The van der Waals surface area contributed by atoms with Crippen molar-refractivity contribution in [3.63, 3.8) is 0 Å². The second-order valence-corrected chi connectivity index (χ2v) is 7.16. The van der Waals surface area contributed by atoms with E-state index in [1.807, 2.05) is 0 Å². The molecule has 0 aliphatic carbocycles. The second-order valence-electron chi connectivity index (χ2n) is 5.00. The molecule has 2 amide bonds. The van der Waals surface area contributed by atoms with Gasteiger partial charge in [0.05, 0.1) is 11.3 Å². The molecule has 1 N–H and O–H groups in total. The number of likely N-dealkylation sites (tertiary alicyclic amines) is 1. The van der Waals surface area contributed by atoms with Crippen LogP contribution in [0.5, 0.6) is 0 Å². The van der Waals surface area contributed by atoms with E-state index in [9.17, 15) is 18.0 Å². The molecule has 114 valence electrons. The van der Waals surface area contributed by atoms with E-state index in [0.29, 0.717) is 5.69 Å². The number of hydrogen-bond acceptors (Lipinski definition) is 5. The van der Waals surface area contributed by atoms with Gasteiger partial charge in [-0.05, 0) is 24.3 Å². The highest BCUT2D eigenvalue weighted by molar-refractivity contribution is 7.89. The first-order valence-electron chi connectivity index (χ1n) is 6.33. The number of nitrogens with one attached hydrogen (secondary N) is 1. The lowest BCUT2D eigenvalue weighted by Crippen LogP contribution is -2.31. The molecule has 7 nitrogen and oxygen atoms in total. The van der Waals surface area contributed by atoms with E-state index in [1.54, 1.807) is 12.1 Å². The van der Waals surface area contributed by atoms with E-state index in [-0.39, 0.29) is 23.1 Å². The van der Waals surface area contributed by atoms with Gasteiger partial charge in [-0.2, -0.15) is 0 Å². The Labute approximate surface area is 123 Å². The zero-order valence-electron chi connectivity index (χ0n) is 12.0. The van der Waals surface area contributed by atoms with Crippen molar-refractivity contribution in [1.82, 2.24) is 9.21 Å². The van der Waals surface area contributed by atoms with Crippen molar-refractivity contribution in [3.05, 3.63) is 24.3 Å². The molecule has 8 heteroatoms. The maximum absolute atomic E-state index is 11.9. The van der Waals surface area contributed by atoms with Gasteiger partial charge < -0.3 is 5.32 Å². The third kappa shape index (κ3) is 2.91. The van der Waals surface area contributed by atoms with Gasteiger partial charge in [-0.3, -0.25) is 14.5 Å². The molecule has 1 aromatic rings. The van der Waals surface area contributed by atoms with Crippen molar-refractivity contribution in [2.24, 2.45) is 0 Å². The summed E-state index contributed by atoms with van der Waals surface area (Å²) in [5.41, 5.74) is 0.592. The van der Waals surface area contributed by atoms with Gasteiger partial charge in [-0.15, -0.1) is 0 Å². The van der Waals surface area contributed by atoms with Gasteiger partial charge in [0.15, 0.2) is 0 Å². The largest absolute Gasteiger partial charge is 0.373 e. The Morgan fingerprint density at radius 1 is 1.19 bits per heavy atom.